The summed E-state index contributed by atoms with van der Waals surface area (Å²) in [5.41, 5.74) is 5.93. The highest BCUT2D eigenvalue weighted by atomic mass is 35.5. The van der Waals surface area contributed by atoms with E-state index in [9.17, 15) is 14.3 Å². The van der Waals surface area contributed by atoms with Gasteiger partial charge < -0.3 is 15.7 Å². The average Bonchev–Trinajstić information content (AvgIpc) is 3.23. The first-order chi connectivity index (χ1) is 19.2. The monoisotopic (exact) mass is 575 g/mol. The van der Waals surface area contributed by atoms with E-state index in [2.05, 4.69) is 15.6 Å². The Balaban J connectivity index is 1.24. The van der Waals surface area contributed by atoms with Gasteiger partial charge in [0, 0.05) is 34.3 Å². The van der Waals surface area contributed by atoms with Crippen LogP contribution in [0.3, 0.4) is 0 Å². The molecule has 5 nitrogen and oxygen atoms in total. The Labute approximate surface area is 242 Å². The molecular weight excluding hydrogens is 548 g/mol. The van der Waals surface area contributed by atoms with Gasteiger partial charge in [-0.25, -0.2) is 4.39 Å². The lowest BCUT2D eigenvalue weighted by atomic mass is 10.0. The van der Waals surface area contributed by atoms with E-state index < -0.39 is 12.1 Å². The second-order valence-corrected chi connectivity index (χ2v) is 10.7. The van der Waals surface area contributed by atoms with Crippen LogP contribution < -0.4 is 10.6 Å². The summed E-state index contributed by atoms with van der Waals surface area (Å²) in [4.78, 5) is 17.7. The highest BCUT2D eigenvalue weighted by Gasteiger charge is 2.32. The summed E-state index contributed by atoms with van der Waals surface area (Å²) in [6.07, 6.45) is 0.435. The molecule has 0 heterocycles. The van der Waals surface area contributed by atoms with Gasteiger partial charge in [-0.15, -0.1) is 0 Å². The Hall–Kier alpha value is -3.71. The molecule has 0 radical (unpaired) electrons. The van der Waals surface area contributed by atoms with E-state index in [1.54, 1.807) is 30.3 Å². The fourth-order valence-corrected chi connectivity index (χ4v) is 5.41. The Kier molecular flexibility index (Phi) is 8.50. The minimum absolute atomic E-state index is 0.251. The van der Waals surface area contributed by atoms with Gasteiger partial charge in [-0.2, -0.15) is 0 Å². The van der Waals surface area contributed by atoms with Crippen LogP contribution in [-0.4, -0.2) is 29.5 Å². The summed E-state index contributed by atoms with van der Waals surface area (Å²) >= 11 is 12.3. The van der Waals surface area contributed by atoms with Crippen molar-refractivity contribution in [1.29, 1.82) is 0 Å². The molecule has 0 unspecified atom stereocenters. The Bertz CT molecular complexity index is 1540. The van der Waals surface area contributed by atoms with Crippen LogP contribution in [0.1, 0.15) is 40.0 Å². The number of hydrogen-bond donors (Lipinski definition) is 3. The number of aliphatic hydroxyl groups excluding tert-OH is 1. The molecule has 0 saturated carbocycles. The fourth-order valence-electron chi connectivity index (χ4n) is 4.88. The number of aliphatic hydroxyl groups is 1. The van der Waals surface area contributed by atoms with E-state index in [1.807, 2.05) is 49.4 Å². The molecule has 0 bridgehead atoms. The lowest BCUT2D eigenvalue weighted by Gasteiger charge is -2.19. The molecule has 4 aromatic rings. The smallest absolute Gasteiger partial charge is 0.251 e. The number of hydrogen-bond acceptors (Lipinski definition) is 3. The maximum Gasteiger partial charge on any atom is 0.251 e. The Morgan fingerprint density at radius 1 is 0.950 bits per heavy atom. The van der Waals surface area contributed by atoms with Crippen LogP contribution in [-0.2, 0) is 12.8 Å². The topological polar surface area (TPSA) is 73.7 Å². The number of amidine groups is 1. The molecule has 1 aliphatic rings. The molecule has 1 amide bonds. The molecule has 2 atom stereocenters. The van der Waals surface area contributed by atoms with Crippen molar-refractivity contribution in [3.8, 4) is 11.1 Å². The van der Waals surface area contributed by atoms with Gasteiger partial charge in [0.25, 0.3) is 5.91 Å². The molecule has 3 N–H and O–H groups in total. The summed E-state index contributed by atoms with van der Waals surface area (Å²) in [5.74, 6) is 0.213. The fraction of sp³-hybridized carbons (Fsp3) is 0.188. The number of carbonyl (C=O) groups excluding carboxylic acids is 1. The van der Waals surface area contributed by atoms with Crippen molar-refractivity contribution in [2.24, 2.45) is 4.99 Å². The number of halogens is 3. The zero-order valence-electron chi connectivity index (χ0n) is 21.8. The van der Waals surface area contributed by atoms with E-state index in [0.717, 1.165) is 39.3 Å². The summed E-state index contributed by atoms with van der Waals surface area (Å²) < 4.78 is 13.1. The third kappa shape index (κ3) is 6.70. The van der Waals surface area contributed by atoms with Crippen LogP contribution in [0, 0.1) is 5.82 Å². The van der Waals surface area contributed by atoms with E-state index in [4.69, 9.17) is 23.2 Å². The predicted octanol–water partition coefficient (Wildman–Crippen LogP) is 7.26. The van der Waals surface area contributed by atoms with Gasteiger partial charge in [-0.1, -0.05) is 53.5 Å². The van der Waals surface area contributed by atoms with Gasteiger partial charge in [-0.3, -0.25) is 9.79 Å². The van der Waals surface area contributed by atoms with E-state index >= 15 is 0 Å². The lowest BCUT2D eigenvalue weighted by Crippen LogP contribution is -2.33. The van der Waals surface area contributed by atoms with Crippen molar-refractivity contribution in [2.45, 2.75) is 31.9 Å². The van der Waals surface area contributed by atoms with Gasteiger partial charge in [0.15, 0.2) is 0 Å². The van der Waals surface area contributed by atoms with Gasteiger partial charge in [0.1, 0.15) is 5.82 Å². The third-order valence-corrected chi connectivity index (χ3v) is 7.35. The zero-order chi connectivity index (χ0) is 28.2. The Morgan fingerprint density at radius 3 is 2.35 bits per heavy atom. The van der Waals surface area contributed by atoms with Gasteiger partial charge in [0.05, 0.1) is 18.0 Å². The summed E-state index contributed by atoms with van der Waals surface area (Å²) in [7, 11) is 0. The molecule has 204 valence electrons. The van der Waals surface area contributed by atoms with Crippen molar-refractivity contribution in [1.82, 2.24) is 5.32 Å². The number of rotatable bonds is 7. The van der Waals surface area contributed by atoms with E-state index in [0.29, 0.717) is 35.0 Å². The van der Waals surface area contributed by atoms with E-state index in [-0.39, 0.29) is 11.7 Å². The number of amides is 1. The number of anilines is 1. The van der Waals surface area contributed by atoms with Gasteiger partial charge >= 0.3 is 0 Å². The Morgan fingerprint density at radius 2 is 1.65 bits per heavy atom. The van der Waals surface area contributed by atoms with Crippen LogP contribution in [0.4, 0.5) is 10.1 Å². The quantitative estimate of drug-likeness (QED) is 0.160. The van der Waals surface area contributed by atoms with E-state index in [1.165, 1.54) is 12.1 Å². The predicted molar refractivity (Wildman–Crippen MR) is 160 cm³/mol. The molecule has 0 saturated heterocycles. The molecule has 0 fully saturated rings. The maximum atomic E-state index is 13.1. The molecule has 0 aromatic heterocycles. The third-order valence-electron chi connectivity index (χ3n) is 6.91. The molecule has 40 heavy (non-hydrogen) atoms. The summed E-state index contributed by atoms with van der Waals surface area (Å²) in [5, 5.41) is 18.1. The highest BCUT2D eigenvalue weighted by Crippen LogP contribution is 2.34. The average molecular weight is 576 g/mol. The molecule has 5 rings (SSSR count). The number of aliphatic imine (C=N–C) groups is 1. The van der Waals surface area contributed by atoms with Crippen LogP contribution >= 0.6 is 23.2 Å². The number of carbonyl (C=O) groups is 1. The highest BCUT2D eigenvalue weighted by molar-refractivity contribution is 6.35. The minimum atomic E-state index is -0.729. The lowest BCUT2D eigenvalue weighted by molar-refractivity contribution is 0.0858. The van der Waals surface area contributed by atoms with Crippen molar-refractivity contribution >= 4 is 40.6 Å². The van der Waals surface area contributed by atoms with Crippen LogP contribution in [0.15, 0.2) is 89.9 Å². The minimum Gasteiger partial charge on any atom is -0.390 e. The molecule has 0 aliphatic heterocycles. The van der Waals surface area contributed by atoms with Gasteiger partial charge in [-0.05, 0) is 95.8 Å². The number of nitrogens with zero attached hydrogens (tertiary/aromatic N) is 1. The van der Waals surface area contributed by atoms with Crippen molar-refractivity contribution in [3.63, 3.8) is 0 Å². The van der Waals surface area contributed by atoms with Crippen molar-refractivity contribution < 1.29 is 14.3 Å². The largest absolute Gasteiger partial charge is 0.390 e. The van der Waals surface area contributed by atoms with Crippen LogP contribution in [0.25, 0.3) is 11.1 Å². The maximum absolute atomic E-state index is 13.1. The second kappa shape index (κ2) is 12.2. The molecular formula is C32H28Cl2FN3O2. The molecule has 8 heteroatoms. The molecule has 1 aliphatic carbocycles. The SMILES string of the molecule is CC(=NCCc1ccc(F)cc1)Nc1ccc2c(c1)[C@@H](NC(=O)c1ccc(-c3cc(Cl)cc(Cl)c3)cc1)[C@H](O)C2. The zero-order valence-corrected chi connectivity index (χ0v) is 23.3. The van der Waals surface area contributed by atoms with Gasteiger partial charge in [0.2, 0.25) is 0 Å². The van der Waals surface area contributed by atoms with Crippen LogP contribution in [0.5, 0.6) is 0 Å². The second-order valence-electron chi connectivity index (χ2n) is 9.84. The van der Waals surface area contributed by atoms with Crippen LogP contribution in [0.2, 0.25) is 10.0 Å². The normalized spacial score (nSPS) is 16.5. The first kappa shape index (κ1) is 27.8. The van der Waals surface area contributed by atoms with Crippen molar-refractivity contribution in [3.05, 3.63) is 123 Å². The molecule has 0 spiro atoms. The standard InChI is InChI=1S/C32H28Cl2FN3O2/c1-19(36-13-12-20-2-9-27(35)10-3-20)37-28-11-8-23-16-30(39)31(29(23)18-28)38-32(40)22-6-4-21(5-7-22)24-14-25(33)17-26(34)15-24/h2-11,14-15,17-18,30-31,39H,12-13,16H2,1H3,(H,36,37)(H,38,40)/t30-,31-/m1/s1. The first-order valence-corrected chi connectivity index (χ1v) is 13.7. The van der Waals surface area contributed by atoms with Crippen molar-refractivity contribution in [2.75, 3.05) is 11.9 Å². The first-order valence-electron chi connectivity index (χ1n) is 13.0. The molecule has 4 aromatic carbocycles. The number of fused-ring (bicyclic) bond motifs is 1. The number of benzene rings is 4. The summed E-state index contributed by atoms with van der Waals surface area (Å²) in [6.45, 7) is 2.45. The number of nitrogens with one attached hydrogen (secondary N) is 2. The summed E-state index contributed by atoms with van der Waals surface area (Å²) in [6, 6.07) is 24.2.